The van der Waals surface area contributed by atoms with E-state index in [0.717, 1.165) is 5.69 Å². The van der Waals surface area contributed by atoms with Crippen LogP contribution in [0.4, 0.5) is 0 Å². The average molecular weight is 767 g/mol. The lowest BCUT2D eigenvalue weighted by molar-refractivity contribution is 1.19. The predicted molar refractivity (Wildman–Crippen MR) is 254 cm³/mol. The lowest BCUT2D eigenvalue weighted by Gasteiger charge is -2.12. The van der Waals surface area contributed by atoms with Crippen molar-refractivity contribution in [1.29, 1.82) is 0 Å². The molecule has 0 radical (unpaired) electrons. The fourth-order valence-electron chi connectivity index (χ4n) is 9.72. The number of fused-ring (bicyclic) bond motifs is 12. The summed E-state index contributed by atoms with van der Waals surface area (Å²) in [4.78, 5) is 0. The maximum atomic E-state index is 2.47. The minimum absolute atomic E-state index is 1.15. The molecule has 0 spiro atoms. The average Bonchev–Trinajstić information content (AvgIpc) is 3.96. The Bertz CT molecular complexity index is 3840. The zero-order valence-electron chi connectivity index (χ0n) is 31.9. The quantitative estimate of drug-likeness (QED) is 0.169. The lowest BCUT2D eigenvalue weighted by Crippen LogP contribution is -1.95. The first-order valence-electron chi connectivity index (χ1n) is 20.2. The molecule has 0 atom stereocenters. The van der Waals surface area contributed by atoms with Gasteiger partial charge in [-0.2, -0.15) is 0 Å². The number of hydrogen-bond acceptors (Lipinski definition) is 1. The molecule has 0 unspecified atom stereocenters. The van der Waals surface area contributed by atoms with Crippen molar-refractivity contribution in [3.63, 3.8) is 0 Å². The summed E-state index contributed by atoms with van der Waals surface area (Å²) >= 11 is 1.88. The molecule has 3 heteroatoms. The van der Waals surface area contributed by atoms with E-state index in [1.54, 1.807) is 0 Å². The van der Waals surface area contributed by atoms with Crippen molar-refractivity contribution >= 4 is 96.7 Å². The van der Waals surface area contributed by atoms with Gasteiger partial charge in [-0.25, -0.2) is 0 Å². The number of nitrogens with zero attached hydrogens (tertiary/aromatic N) is 2. The number of benzene rings is 10. The molecular formula is C56H34N2S. The lowest BCUT2D eigenvalue weighted by atomic mass is 10.00. The maximum Gasteiger partial charge on any atom is 0.0640 e. The Morgan fingerprint density at radius 1 is 0.305 bits per heavy atom. The number of rotatable bonds is 4. The Hall–Kier alpha value is -7.46. The van der Waals surface area contributed by atoms with Crippen LogP contribution in [0.3, 0.4) is 0 Å². The minimum atomic E-state index is 1.15. The highest BCUT2D eigenvalue weighted by atomic mass is 32.1. The van der Waals surface area contributed by atoms with Gasteiger partial charge in [0.05, 0.1) is 32.5 Å². The van der Waals surface area contributed by atoms with Crippen LogP contribution in [0.15, 0.2) is 206 Å². The molecule has 10 aromatic carbocycles. The largest absolute Gasteiger partial charge is 0.309 e. The summed E-state index contributed by atoms with van der Waals surface area (Å²) in [5.74, 6) is 0. The Kier molecular flexibility index (Phi) is 6.92. The third-order valence-corrected chi connectivity index (χ3v) is 13.7. The topological polar surface area (TPSA) is 9.86 Å². The van der Waals surface area contributed by atoms with Crippen LogP contribution in [0, 0.1) is 0 Å². The van der Waals surface area contributed by atoms with Crippen molar-refractivity contribution in [3.8, 4) is 33.6 Å². The third kappa shape index (κ3) is 4.86. The zero-order chi connectivity index (χ0) is 38.6. The van der Waals surface area contributed by atoms with Gasteiger partial charge >= 0.3 is 0 Å². The Labute approximate surface area is 344 Å². The van der Waals surface area contributed by atoms with Crippen molar-refractivity contribution in [1.82, 2.24) is 9.13 Å². The fourth-order valence-corrected chi connectivity index (χ4v) is 10.9. The van der Waals surface area contributed by atoms with Gasteiger partial charge in [-0.15, -0.1) is 11.3 Å². The molecule has 13 rings (SSSR count). The summed E-state index contributed by atoms with van der Waals surface area (Å²) in [6, 6.07) is 76.2. The molecule has 13 aromatic rings. The van der Waals surface area contributed by atoms with Gasteiger partial charge in [0.2, 0.25) is 0 Å². The molecule has 2 nitrogen and oxygen atoms in total. The molecule has 0 aliphatic rings. The highest BCUT2D eigenvalue weighted by Crippen LogP contribution is 2.43. The number of thiophene rings is 1. The van der Waals surface area contributed by atoms with Crippen molar-refractivity contribution in [2.45, 2.75) is 0 Å². The first-order valence-corrected chi connectivity index (χ1v) is 21.1. The summed E-state index contributed by atoms with van der Waals surface area (Å²) in [5, 5.41) is 12.7. The molecule has 0 saturated heterocycles. The van der Waals surface area contributed by atoms with E-state index < -0.39 is 0 Å². The second kappa shape index (κ2) is 12.5. The molecule has 3 heterocycles. The van der Waals surface area contributed by atoms with Crippen LogP contribution in [0.25, 0.3) is 119 Å². The van der Waals surface area contributed by atoms with Gasteiger partial charge in [0.25, 0.3) is 0 Å². The van der Waals surface area contributed by atoms with Crippen molar-refractivity contribution in [2.24, 2.45) is 0 Å². The molecule has 0 fully saturated rings. The van der Waals surface area contributed by atoms with Crippen molar-refractivity contribution in [2.75, 3.05) is 0 Å². The first kappa shape index (κ1) is 32.6. The number of para-hydroxylation sites is 1. The van der Waals surface area contributed by atoms with Gasteiger partial charge in [-0.3, -0.25) is 0 Å². The molecule has 0 aliphatic heterocycles. The van der Waals surface area contributed by atoms with Crippen LogP contribution < -0.4 is 0 Å². The monoisotopic (exact) mass is 766 g/mol. The summed E-state index contributed by atoms with van der Waals surface area (Å²) in [6.07, 6.45) is 0. The van der Waals surface area contributed by atoms with E-state index in [9.17, 15) is 0 Å². The Morgan fingerprint density at radius 2 is 0.881 bits per heavy atom. The van der Waals surface area contributed by atoms with Crippen LogP contribution in [0.1, 0.15) is 0 Å². The molecule has 59 heavy (non-hydrogen) atoms. The molecule has 0 bridgehead atoms. The van der Waals surface area contributed by atoms with Crippen molar-refractivity contribution in [3.05, 3.63) is 206 Å². The van der Waals surface area contributed by atoms with E-state index in [1.807, 2.05) is 11.3 Å². The van der Waals surface area contributed by atoms with E-state index in [0.29, 0.717) is 0 Å². The van der Waals surface area contributed by atoms with Crippen LogP contribution in [-0.4, -0.2) is 9.13 Å². The van der Waals surface area contributed by atoms with Crippen LogP contribution >= 0.6 is 11.3 Å². The van der Waals surface area contributed by atoms with Crippen LogP contribution in [0.2, 0.25) is 0 Å². The third-order valence-electron chi connectivity index (χ3n) is 12.5. The SMILES string of the molecule is c1ccc2cc(-c3ccc(-n4c5ccc(-c6ccc7c(c6)c6ccccc6n7-c6cccc7c6sc6ccccc67)cc5c5ccc6ccccc6c54)cc3)ccc2c1. The molecule has 0 amide bonds. The Morgan fingerprint density at radius 3 is 1.71 bits per heavy atom. The molecule has 3 aromatic heterocycles. The zero-order valence-corrected chi connectivity index (χ0v) is 32.7. The smallest absolute Gasteiger partial charge is 0.0640 e. The second-order valence-corrected chi connectivity index (χ2v) is 16.7. The summed E-state index contributed by atoms with van der Waals surface area (Å²) in [6.45, 7) is 0. The van der Waals surface area contributed by atoms with Gasteiger partial charge < -0.3 is 9.13 Å². The minimum Gasteiger partial charge on any atom is -0.309 e. The van der Waals surface area contributed by atoms with E-state index in [4.69, 9.17) is 0 Å². The van der Waals surface area contributed by atoms with E-state index in [1.165, 1.54) is 113 Å². The summed E-state index contributed by atoms with van der Waals surface area (Å²) < 4.78 is 7.57. The number of hydrogen-bond donors (Lipinski definition) is 0. The maximum absolute atomic E-state index is 2.47. The second-order valence-electron chi connectivity index (χ2n) is 15.7. The van der Waals surface area contributed by atoms with E-state index >= 15 is 0 Å². The molecule has 0 saturated carbocycles. The highest BCUT2D eigenvalue weighted by molar-refractivity contribution is 7.26. The van der Waals surface area contributed by atoms with Gasteiger partial charge in [0.15, 0.2) is 0 Å². The van der Waals surface area contributed by atoms with Crippen LogP contribution in [0.5, 0.6) is 0 Å². The summed E-state index contributed by atoms with van der Waals surface area (Å²) in [5.41, 5.74) is 12.1. The van der Waals surface area contributed by atoms with Gasteiger partial charge in [-0.1, -0.05) is 146 Å². The normalized spacial score (nSPS) is 12.1. The van der Waals surface area contributed by atoms with E-state index in [2.05, 4.69) is 215 Å². The molecular weight excluding hydrogens is 733 g/mol. The Balaban J connectivity index is 0.981. The predicted octanol–water partition coefficient (Wildman–Crippen LogP) is 15.9. The molecule has 0 aliphatic carbocycles. The van der Waals surface area contributed by atoms with E-state index in [-0.39, 0.29) is 0 Å². The van der Waals surface area contributed by atoms with Gasteiger partial charge in [-0.05, 0) is 99.1 Å². The van der Waals surface area contributed by atoms with Gasteiger partial charge in [0.1, 0.15) is 0 Å². The van der Waals surface area contributed by atoms with Gasteiger partial charge in [0, 0.05) is 48.1 Å². The highest BCUT2D eigenvalue weighted by Gasteiger charge is 2.19. The first-order chi connectivity index (χ1) is 29.2. The van der Waals surface area contributed by atoms with Crippen molar-refractivity contribution < 1.29 is 0 Å². The summed E-state index contributed by atoms with van der Waals surface area (Å²) in [7, 11) is 0. The fraction of sp³-hybridized carbons (Fsp3) is 0. The number of aromatic nitrogens is 2. The van der Waals surface area contributed by atoms with Crippen LogP contribution in [-0.2, 0) is 0 Å². The molecule has 0 N–H and O–H groups in total. The standard InChI is InChI=1S/C56H34N2S/c1-2-12-38-32-39(21-20-35(38)10-1)36-22-27-42(28-23-36)57-51-30-25-41(34-49(51)46-29-24-37-11-3-4-13-43(37)55(46)57)40-26-31-52-48(33-40)44-14-5-7-17-50(44)58(52)53-18-9-16-47-45-15-6-8-19-54(45)59-56(47)53/h1-34H. The molecule has 274 valence electrons.